The number of alkyl halides is 3. The van der Waals surface area contributed by atoms with Gasteiger partial charge in [0, 0.05) is 24.5 Å². The van der Waals surface area contributed by atoms with E-state index in [4.69, 9.17) is 5.73 Å². The molecule has 0 spiro atoms. The first-order valence-corrected chi connectivity index (χ1v) is 9.13. The Kier molecular flexibility index (Phi) is 4.03. The first-order valence-electron chi connectivity index (χ1n) is 9.13. The van der Waals surface area contributed by atoms with E-state index in [1.165, 1.54) is 12.1 Å². The highest BCUT2D eigenvalue weighted by Crippen LogP contribution is 2.57. The Morgan fingerprint density at radius 1 is 1.14 bits per heavy atom. The summed E-state index contributed by atoms with van der Waals surface area (Å²) in [4.78, 5) is 4.23. The fourth-order valence-electron chi connectivity index (χ4n) is 4.58. The first-order chi connectivity index (χ1) is 13.1. The Balaban J connectivity index is 2.04. The van der Waals surface area contributed by atoms with E-state index < -0.39 is 11.7 Å². The van der Waals surface area contributed by atoms with Gasteiger partial charge in [-0.2, -0.15) is 13.2 Å². The van der Waals surface area contributed by atoms with Crippen LogP contribution < -0.4 is 5.73 Å². The van der Waals surface area contributed by atoms with E-state index in [0.29, 0.717) is 29.7 Å². The third-order valence-corrected chi connectivity index (χ3v) is 5.63. The van der Waals surface area contributed by atoms with Crippen LogP contribution in [0.4, 0.5) is 13.2 Å². The zero-order chi connectivity index (χ0) is 20.3. The van der Waals surface area contributed by atoms with Gasteiger partial charge in [0.25, 0.3) is 0 Å². The molecule has 2 aliphatic rings. The quantitative estimate of drug-likeness (QED) is 0.716. The summed E-state index contributed by atoms with van der Waals surface area (Å²) in [7, 11) is 0. The molecule has 4 rings (SSSR count). The number of nitrogens with zero attached hydrogens (tertiary/aromatic N) is 1. The molecule has 0 bridgehead atoms. The average molecular weight is 382 g/mol. The number of fused-ring (bicyclic) bond motifs is 2. The molecule has 2 nitrogen and oxygen atoms in total. The van der Waals surface area contributed by atoms with Crippen molar-refractivity contribution in [1.29, 1.82) is 0 Å². The fourth-order valence-corrected chi connectivity index (χ4v) is 4.58. The summed E-state index contributed by atoms with van der Waals surface area (Å²) >= 11 is 0. The van der Waals surface area contributed by atoms with Gasteiger partial charge in [0.05, 0.1) is 5.56 Å². The minimum absolute atomic E-state index is 0.173. The van der Waals surface area contributed by atoms with Gasteiger partial charge in [0.15, 0.2) is 0 Å². The van der Waals surface area contributed by atoms with Crippen molar-refractivity contribution < 1.29 is 13.2 Å². The number of benzene rings is 1. The summed E-state index contributed by atoms with van der Waals surface area (Å²) in [5.41, 5.74) is 11.0. The van der Waals surface area contributed by atoms with Crippen LogP contribution in [0.1, 0.15) is 42.5 Å². The molecular weight excluding hydrogens is 361 g/mol. The summed E-state index contributed by atoms with van der Waals surface area (Å²) < 4.78 is 41.4. The highest BCUT2D eigenvalue weighted by atomic mass is 19.4. The molecule has 0 fully saturated rings. The van der Waals surface area contributed by atoms with Crippen LogP contribution in [-0.4, -0.2) is 4.98 Å². The van der Waals surface area contributed by atoms with E-state index in [-0.39, 0.29) is 11.0 Å². The third-order valence-electron chi connectivity index (χ3n) is 5.63. The zero-order valence-electron chi connectivity index (χ0n) is 15.8. The number of aromatic nitrogens is 1. The highest BCUT2D eigenvalue weighted by Gasteiger charge is 2.43. The molecule has 144 valence electrons. The molecule has 1 heterocycles. The predicted molar refractivity (Wildman–Crippen MR) is 105 cm³/mol. The summed E-state index contributed by atoms with van der Waals surface area (Å²) in [6.07, 6.45) is 0.304. The van der Waals surface area contributed by atoms with E-state index in [1.807, 2.05) is 12.3 Å². The number of hydrogen-bond acceptors (Lipinski definition) is 2. The number of allylic oxidation sites excluding steroid dienone is 4. The summed E-state index contributed by atoms with van der Waals surface area (Å²) in [6, 6.07) is 7.66. The van der Waals surface area contributed by atoms with Crippen molar-refractivity contribution in [2.24, 2.45) is 11.1 Å². The SMILES string of the molecule is C=C(N)C1=C(c2ccccc2C(F)(F)F)C2=C(C1)c1ccncc1CC2(C)C. The van der Waals surface area contributed by atoms with Crippen LogP contribution in [0.2, 0.25) is 0 Å². The van der Waals surface area contributed by atoms with Gasteiger partial charge in [-0.3, -0.25) is 4.98 Å². The topological polar surface area (TPSA) is 38.9 Å². The monoisotopic (exact) mass is 382 g/mol. The second kappa shape index (κ2) is 6.09. The first kappa shape index (κ1) is 18.5. The van der Waals surface area contributed by atoms with Crippen LogP contribution in [0.3, 0.4) is 0 Å². The Bertz CT molecular complexity index is 1060. The van der Waals surface area contributed by atoms with Crippen molar-refractivity contribution in [3.63, 3.8) is 0 Å². The molecule has 2 N–H and O–H groups in total. The van der Waals surface area contributed by atoms with Gasteiger partial charge in [0.2, 0.25) is 0 Å². The Morgan fingerprint density at radius 2 is 1.86 bits per heavy atom. The Hall–Kier alpha value is -2.82. The maximum absolute atomic E-state index is 13.8. The lowest BCUT2D eigenvalue weighted by atomic mass is 9.68. The lowest BCUT2D eigenvalue weighted by molar-refractivity contribution is -0.137. The van der Waals surface area contributed by atoms with Crippen molar-refractivity contribution in [3.8, 4) is 0 Å². The molecule has 2 aliphatic carbocycles. The maximum Gasteiger partial charge on any atom is 0.417 e. The van der Waals surface area contributed by atoms with E-state index in [0.717, 1.165) is 28.3 Å². The summed E-state index contributed by atoms with van der Waals surface area (Å²) in [6.45, 7) is 8.00. The number of halogens is 3. The van der Waals surface area contributed by atoms with Crippen LogP contribution in [0, 0.1) is 5.41 Å². The highest BCUT2D eigenvalue weighted by molar-refractivity contribution is 6.01. The molecule has 0 radical (unpaired) electrons. The van der Waals surface area contributed by atoms with Gasteiger partial charge >= 0.3 is 6.18 Å². The summed E-state index contributed by atoms with van der Waals surface area (Å²) in [5, 5.41) is 0. The second-order valence-electron chi connectivity index (χ2n) is 8.05. The molecule has 0 saturated carbocycles. The molecule has 0 atom stereocenters. The van der Waals surface area contributed by atoms with Crippen LogP contribution in [-0.2, 0) is 12.6 Å². The van der Waals surface area contributed by atoms with Crippen LogP contribution in [0.25, 0.3) is 11.1 Å². The third kappa shape index (κ3) is 2.77. The van der Waals surface area contributed by atoms with Gasteiger partial charge in [-0.1, -0.05) is 38.6 Å². The van der Waals surface area contributed by atoms with Crippen LogP contribution in [0.15, 0.2) is 66.1 Å². The average Bonchev–Trinajstić information content (AvgIpc) is 3.03. The van der Waals surface area contributed by atoms with Crippen molar-refractivity contribution in [1.82, 2.24) is 4.98 Å². The fraction of sp³-hybridized carbons (Fsp3) is 0.261. The van der Waals surface area contributed by atoms with Gasteiger partial charge in [0.1, 0.15) is 0 Å². The van der Waals surface area contributed by atoms with Crippen LogP contribution in [0.5, 0.6) is 0 Å². The largest absolute Gasteiger partial charge is 0.417 e. The molecule has 1 aromatic heterocycles. The van der Waals surface area contributed by atoms with E-state index in [9.17, 15) is 13.2 Å². The molecule has 0 saturated heterocycles. The molecule has 0 unspecified atom stereocenters. The lowest BCUT2D eigenvalue weighted by Gasteiger charge is -2.35. The van der Waals surface area contributed by atoms with E-state index >= 15 is 0 Å². The maximum atomic E-state index is 13.8. The standard InChI is InChI=1S/C23H21F3N2/c1-13(27)17-10-18-15-8-9-28-12-14(15)11-22(2,3)21(18)20(17)16-6-4-5-7-19(16)23(24,25)26/h4-9,12H,1,10-11,27H2,2-3H3. The Morgan fingerprint density at radius 3 is 2.54 bits per heavy atom. The van der Waals surface area contributed by atoms with Crippen molar-refractivity contribution in [2.75, 3.05) is 0 Å². The van der Waals surface area contributed by atoms with Gasteiger partial charge in [-0.25, -0.2) is 0 Å². The number of pyridine rings is 1. The smallest absolute Gasteiger partial charge is 0.399 e. The molecule has 28 heavy (non-hydrogen) atoms. The van der Waals surface area contributed by atoms with Crippen molar-refractivity contribution in [2.45, 2.75) is 32.9 Å². The molecule has 5 heteroatoms. The minimum atomic E-state index is -4.45. The van der Waals surface area contributed by atoms with Crippen LogP contribution >= 0.6 is 0 Å². The molecular formula is C23H21F3N2. The normalized spacial score (nSPS) is 18.2. The minimum Gasteiger partial charge on any atom is -0.399 e. The zero-order valence-corrected chi connectivity index (χ0v) is 15.8. The van der Waals surface area contributed by atoms with Gasteiger partial charge < -0.3 is 5.73 Å². The number of rotatable bonds is 2. The van der Waals surface area contributed by atoms with E-state index in [2.05, 4.69) is 25.4 Å². The molecule has 1 aromatic carbocycles. The molecule has 0 aliphatic heterocycles. The molecule has 0 amide bonds. The van der Waals surface area contributed by atoms with E-state index in [1.54, 1.807) is 12.3 Å². The van der Waals surface area contributed by atoms with Crippen molar-refractivity contribution >= 4 is 11.1 Å². The lowest BCUT2D eigenvalue weighted by Crippen LogP contribution is -2.24. The van der Waals surface area contributed by atoms with Gasteiger partial charge in [-0.15, -0.1) is 0 Å². The summed E-state index contributed by atoms with van der Waals surface area (Å²) in [5.74, 6) is 0. The molecule has 2 aromatic rings. The second-order valence-corrected chi connectivity index (χ2v) is 8.05. The predicted octanol–water partition coefficient (Wildman–Crippen LogP) is 5.77. The number of hydrogen-bond donors (Lipinski definition) is 1. The number of nitrogens with two attached hydrogens (primary N) is 1. The van der Waals surface area contributed by atoms with Gasteiger partial charge in [-0.05, 0) is 63.0 Å². The van der Waals surface area contributed by atoms with Crippen molar-refractivity contribution in [3.05, 3.63) is 88.4 Å². The Labute approximate surface area is 162 Å².